The summed E-state index contributed by atoms with van der Waals surface area (Å²) in [5, 5.41) is 0. The van der Waals surface area contributed by atoms with Gasteiger partial charge in [-0.3, -0.25) is 4.79 Å². The number of nitrogens with zero attached hydrogens (tertiary/aromatic N) is 1. The lowest BCUT2D eigenvalue weighted by Crippen LogP contribution is -2.54. The lowest BCUT2D eigenvalue weighted by atomic mass is 9.89. The molecule has 1 aliphatic heterocycles. The van der Waals surface area contributed by atoms with Crippen LogP contribution < -0.4 is 5.73 Å². The minimum atomic E-state index is -4.27. The van der Waals surface area contributed by atoms with Gasteiger partial charge in [0.1, 0.15) is 5.54 Å². The van der Waals surface area contributed by atoms with Gasteiger partial charge in [-0.15, -0.1) is 0 Å². The smallest absolute Gasteiger partial charge is 0.340 e. The van der Waals surface area contributed by atoms with E-state index in [2.05, 4.69) is 0 Å². The highest BCUT2D eigenvalue weighted by molar-refractivity contribution is 5.87. The minimum Gasteiger partial charge on any atom is -0.340 e. The second-order valence-electron chi connectivity index (χ2n) is 5.70. The van der Waals surface area contributed by atoms with Crippen molar-refractivity contribution >= 4 is 5.91 Å². The summed E-state index contributed by atoms with van der Waals surface area (Å²) in [6.07, 6.45) is -3.85. The van der Waals surface area contributed by atoms with E-state index in [1.165, 1.54) is 4.90 Å². The zero-order chi connectivity index (χ0) is 15.7. The average Bonchev–Trinajstić information content (AvgIpc) is 2.46. The predicted octanol–water partition coefficient (Wildman–Crippen LogP) is 2.66. The van der Waals surface area contributed by atoms with Crippen molar-refractivity contribution in [3.8, 4) is 0 Å². The molecule has 116 valence electrons. The Balaban J connectivity index is 2.16. The Morgan fingerprint density at radius 2 is 1.90 bits per heavy atom. The van der Waals surface area contributed by atoms with Crippen LogP contribution in [0.3, 0.4) is 0 Å². The van der Waals surface area contributed by atoms with Crippen molar-refractivity contribution < 1.29 is 18.0 Å². The van der Waals surface area contributed by atoms with Gasteiger partial charge < -0.3 is 10.6 Å². The Hall–Kier alpha value is -1.56. The molecule has 0 aromatic heterocycles. The highest BCUT2D eigenvalue weighted by Crippen LogP contribution is 2.34. The van der Waals surface area contributed by atoms with Gasteiger partial charge in [0, 0.05) is 13.1 Å². The normalized spacial score (nSPS) is 22.7. The van der Waals surface area contributed by atoms with Crippen LogP contribution in [0.1, 0.15) is 25.3 Å². The van der Waals surface area contributed by atoms with E-state index in [0.717, 1.165) is 0 Å². The second-order valence-corrected chi connectivity index (χ2v) is 5.70. The fraction of sp³-hybridized carbons (Fsp3) is 0.533. The van der Waals surface area contributed by atoms with E-state index in [0.29, 0.717) is 18.5 Å². The molecule has 1 aromatic rings. The Labute approximate surface area is 121 Å². The lowest BCUT2D eigenvalue weighted by Gasteiger charge is -2.38. The van der Waals surface area contributed by atoms with E-state index in [9.17, 15) is 18.0 Å². The summed E-state index contributed by atoms with van der Waals surface area (Å²) in [5.74, 6) is -1.91. The maximum Gasteiger partial charge on any atom is 0.393 e. The Bertz CT molecular complexity index is 499. The molecule has 2 rings (SSSR count). The quantitative estimate of drug-likeness (QED) is 0.912. The number of nitrogens with two attached hydrogens (primary N) is 1. The highest BCUT2D eigenvalue weighted by atomic mass is 19.4. The van der Waals surface area contributed by atoms with Crippen LogP contribution in [0.4, 0.5) is 13.2 Å². The molecule has 0 saturated carbocycles. The summed E-state index contributed by atoms with van der Waals surface area (Å²) < 4.78 is 38.5. The topological polar surface area (TPSA) is 46.3 Å². The molecule has 1 heterocycles. The number of carbonyl (C=O) groups excluding carboxylic acids is 1. The molecule has 1 aliphatic rings. The molecule has 1 amide bonds. The first-order chi connectivity index (χ1) is 9.73. The first-order valence-corrected chi connectivity index (χ1v) is 6.93. The summed E-state index contributed by atoms with van der Waals surface area (Å²) in [4.78, 5) is 13.8. The number of hydrogen-bond acceptors (Lipinski definition) is 2. The number of alkyl halides is 3. The summed E-state index contributed by atoms with van der Waals surface area (Å²) in [5.41, 5.74) is 5.38. The zero-order valence-electron chi connectivity index (χ0n) is 11.9. The van der Waals surface area contributed by atoms with Crippen LogP contribution in [0.15, 0.2) is 30.3 Å². The molecule has 0 aliphatic carbocycles. The number of amides is 1. The average molecular weight is 300 g/mol. The number of piperidine rings is 1. The van der Waals surface area contributed by atoms with Gasteiger partial charge in [-0.25, -0.2) is 0 Å². The van der Waals surface area contributed by atoms with E-state index < -0.39 is 23.5 Å². The van der Waals surface area contributed by atoms with Gasteiger partial charge in [-0.05, 0) is 25.3 Å². The van der Waals surface area contributed by atoms with Gasteiger partial charge in [-0.1, -0.05) is 30.3 Å². The number of halogens is 3. The minimum absolute atomic E-state index is 0.0693. The third-order valence-corrected chi connectivity index (χ3v) is 3.99. The highest BCUT2D eigenvalue weighted by Gasteiger charge is 2.45. The fourth-order valence-electron chi connectivity index (χ4n) is 2.67. The van der Waals surface area contributed by atoms with Gasteiger partial charge >= 0.3 is 6.18 Å². The molecule has 2 N–H and O–H groups in total. The summed E-state index contributed by atoms with van der Waals surface area (Å²) in [6, 6.07) is 8.72. The molecular formula is C15H19F3N2O. The molecule has 0 bridgehead atoms. The van der Waals surface area contributed by atoms with E-state index in [-0.39, 0.29) is 13.0 Å². The van der Waals surface area contributed by atoms with E-state index in [4.69, 9.17) is 5.73 Å². The SMILES string of the molecule is CC(N)(C(=O)N1CCCC(C(F)(F)F)C1)c1ccccc1. The van der Waals surface area contributed by atoms with Crippen LogP contribution >= 0.6 is 0 Å². The second kappa shape index (κ2) is 5.67. The predicted molar refractivity (Wildman–Crippen MR) is 73.3 cm³/mol. The first-order valence-electron chi connectivity index (χ1n) is 6.93. The molecule has 21 heavy (non-hydrogen) atoms. The molecule has 1 saturated heterocycles. The number of hydrogen-bond donors (Lipinski definition) is 1. The van der Waals surface area contributed by atoms with Crippen LogP contribution in [0.25, 0.3) is 0 Å². The summed E-state index contributed by atoms with van der Waals surface area (Å²) >= 11 is 0. The third kappa shape index (κ3) is 3.37. The Kier molecular flexibility index (Phi) is 4.27. The number of benzene rings is 1. The van der Waals surface area contributed by atoms with Crippen LogP contribution in [-0.4, -0.2) is 30.1 Å². The molecule has 2 unspecified atom stereocenters. The van der Waals surface area contributed by atoms with Crippen molar-refractivity contribution in [1.29, 1.82) is 0 Å². The van der Waals surface area contributed by atoms with Gasteiger partial charge in [0.15, 0.2) is 0 Å². The maximum atomic E-state index is 12.8. The standard InChI is InChI=1S/C15H19F3N2O/c1-14(19,11-6-3-2-4-7-11)13(21)20-9-5-8-12(10-20)15(16,17)18/h2-4,6-7,12H,5,8-10,19H2,1H3. The number of rotatable bonds is 2. The molecule has 3 nitrogen and oxygen atoms in total. The van der Waals surface area contributed by atoms with Crippen LogP contribution in [0, 0.1) is 5.92 Å². The molecule has 1 fully saturated rings. The van der Waals surface area contributed by atoms with Crippen molar-refractivity contribution in [3.63, 3.8) is 0 Å². The van der Waals surface area contributed by atoms with Crippen LogP contribution in [0.5, 0.6) is 0 Å². The largest absolute Gasteiger partial charge is 0.393 e. The van der Waals surface area contributed by atoms with Gasteiger partial charge in [0.25, 0.3) is 0 Å². The van der Waals surface area contributed by atoms with Crippen molar-refractivity contribution in [2.75, 3.05) is 13.1 Å². The molecule has 6 heteroatoms. The molecule has 1 aromatic carbocycles. The zero-order valence-corrected chi connectivity index (χ0v) is 11.9. The Morgan fingerprint density at radius 3 is 2.48 bits per heavy atom. The van der Waals surface area contributed by atoms with Crippen LogP contribution in [0.2, 0.25) is 0 Å². The maximum absolute atomic E-state index is 12.8. The summed E-state index contributed by atoms with van der Waals surface area (Å²) in [6.45, 7) is 1.56. The Morgan fingerprint density at radius 1 is 1.29 bits per heavy atom. The fourth-order valence-corrected chi connectivity index (χ4v) is 2.67. The summed E-state index contributed by atoms with van der Waals surface area (Å²) in [7, 11) is 0. The van der Waals surface area contributed by atoms with Crippen LogP contribution in [-0.2, 0) is 10.3 Å². The third-order valence-electron chi connectivity index (χ3n) is 3.99. The van der Waals surface area contributed by atoms with Gasteiger partial charge in [0.2, 0.25) is 5.91 Å². The molecule has 0 spiro atoms. The van der Waals surface area contributed by atoms with Crippen molar-refractivity contribution in [3.05, 3.63) is 35.9 Å². The van der Waals surface area contributed by atoms with E-state index in [1.54, 1.807) is 37.3 Å². The monoisotopic (exact) mass is 300 g/mol. The van der Waals surface area contributed by atoms with E-state index in [1.807, 2.05) is 0 Å². The van der Waals surface area contributed by atoms with Crippen molar-refractivity contribution in [1.82, 2.24) is 4.90 Å². The van der Waals surface area contributed by atoms with Gasteiger partial charge in [0.05, 0.1) is 5.92 Å². The van der Waals surface area contributed by atoms with E-state index >= 15 is 0 Å². The van der Waals surface area contributed by atoms with Gasteiger partial charge in [-0.2, -0.15) is 13.2 Å². The molecule has 2 atom stereocenters. The molecule has 0 radical (unpaired) electrons. The first kappa shape index (κ1) is 15.8. The lowest BCUT2D eigenvalue weighted by molar-refractivity contribution is -0.189. The van der Waals surface area contributed by atoms with Crippen molar-refractivity contribution in [2.24, 2.45) is 11.7 Å². The van der Waals surface area contributed by atoms with Crippen molar-refractivity contribution in [2.45, 2.75) is 31.5 Å². The number of likely N-dealkylation sites (tertiary alicyclic amines) is 1. The molecular weight excluding hydrogens is 281 g/mol. The number of carbonyl (C=O) groups is 1.